The molecule has 116 valence electrons. The number of hydrogen-bond donors (Lipinski definition) is 2. The van der Waals surface area contributed by atoms with Gasteiger partial charge in [-0.15, -0.1) is 0 Å². The summed E-state index contributed by atoms with van der Waals surface area (Å²) in [5, 5.41) is 6.51. The second kappa shape index (κ2) is 7.46. The zero-order valence-electron chi connectivity index (χ0n) is 13.2. The molecule has 2 N–H and O–H groups in total. The molecule has 2 rings (SSSR count). The van der Waals surface area contributed by atoms with Gasteiger partial charge < -0.3 is 15.4 Å². The lowest BCUT2D eigenvalue weighted by Crippen LogP contribution is -2.51. The number of hydrogen-bond acceptors (Lipinski definition) is 3. The van der Waals surface area contributed by atoms with E-state index in [0.29, 0.717) is 5.92 Å². The first-order chi connectivity index (χ1) is 10.2. The molecule has 1 aliphatic heterocycles. The molecule has 1 heterocycles. The summed E-state index contributed by atoms with van der Waals surface area (Å²) in [6.45, 7) is 5.17. The molecular formula is C17H26N2O2. The molecule has 1 aliphatic rings. The van der Waals surface area contributed by atoms with Gasteiger partial charge in [-0.25, -0.2) is 0 Å². The lowest BCUT2D eigenvalue weighted by molar-refractivity contribution is -0.125. The van der Waals surface area contributed by atoms with Gasteiger partial charge in [0.2, 0.25) is 5.91 Å². The van der Waals surface area contributed by atoms with Crippen LogP contribution in [0.3, 0.4) is 0 Å². The van der Waals surface area contributed by atoms with Crippen molar-refractivity contribution in [3.8, 4) is 5.75 Å². The van der Waals surface area contributed by atoms with Gasteiger partial charge in [0.25, 0.3) is 0 Å². The third-order valence-corrected chi connectivity index (χ3v) is 4.29. The lowest BCUT2D eigenvalue weighted by atomic mass is 9.91. The predicted molar refractivity (Wildman–Crippen MR) is 84.4 cm³/mol. The maximum atomic E-state index is 12.5. The van der Waals surface area contributed by atoms with Gasteiger partial charge in [-0.2, -0.15) is 0 Å². The molecule has 1 fully saturated rings. The minimum Gasteiger partial charge on any atom is -0.497 e. The lowest BCUT2D eigenvalue weighted by Gasteiger charge is -2.30. The van der Waals surface area contributed by atoms with Gasteiger partial charge in [0, 0.05) is 0 Å². The van der Waals surface area contributed by atoms with Gasteiger partial charge in [-0.1, -0.05) is 26.0 Å². The molecule has 1 aromatic carbocycles. The SMILES string of the molecule is CCC(NC(=O)C1NCCCC1C)c1ccc(OC)cc1. The van der Waals surface area contributed by atoms with Crippen LogP contribution in [0.5, 0.6) is 5.75 Å². The molecule has 0 spiro atoms. The molecule has 3 unspecified atom stereocenters. The largest absolute Gasteiger partial charge is 0.497 e. The van der Waals surface area contributed by atoms with Crippen molar-refractivity contribution in [3.05, 3.63) is 29.8 Å². The van der Waals surface area contributed by atoms with E-state index in [4.69, 9.17) is 4.74 Å². The van der Waals surface area contributed by atoms with E-state index >= 15 is 0 Å². The minimum atomic E-state index is -0.0638. The summed E-state index contributed by atoms with van der Waals surface area (Å²) in [5.41, 5.74) is 1.12. The molecule has 3 atom stereocenters. The number of amides is 1. The standard InChI is InChI=1S/C17H26N2O2/c1-4-15(13-7-9-14(21-3)10-8-13)19-17(20)16-12(2)6-5-11-18-16/h7-10,12,15-16,18H,4-6,11H2,1-3H3,(H,19,20). The van der Waals surface area contributed by atoms with E-state index < -0.39 is 0 Å². The molecule has 1 saturated heterocycles. The number of carbonyl (C=O) groups excluding carboxylic acids is 1. The van der Waals surface area contributed by atoms with Crippen LogP contribution in [0.25, 0.3) is 0 Å². The highest BCUT2D eigenvalue weighted by Crippen LogP contribution is 2.22. The predicted octanol–water partition coefficient (Wildman–Crippen LogP) is 2.65. The first-order valence-electron chi connectivity index (χ1n) is 7.83. The fourth-order valence-corrected chi connectivity index (χ4v) is 2.92. The Labute approximate surface area is 127 Å². The van der Waals surface area contributed by atoms with E-state index in [9.17, 15) is 4.79 Å². The first kappa shape index (κ1) is 15.8. The van der Waals surface area contributed by atoms with Gasteiger partial charge in [0.05, 0.1) is 19.2 Å². The maximum Gasteiger partial charge on any atom is 0.237 e. The maximum absolute atomic E-state index is 12.5. The van der Waals surface area contributed by atoms with Gasteiger partial charge in [0.1, 0.15) is 5.75 Å². The zero-order valence-corrected chi connectivity index (χ0v) is 13.2. The Bertz CT molecular complexity index is 458. The topological polar surface area (TPSA) is 50.4 Å². The van der Waals surface area contributed by atoms with Crippen molar-refractivity contribution in [1.29, 1.82) is 0 Å². The van der Waals surface area contributed by atoms with Crippen LogP contribution >= 0.6 is 0 Å². The number of nitrogens with one attached hydrogen (secondary N) is 2. The Morgan fingerprint density at radius 3 is 2.71 bits per heavy atom. The van der Waals surface area contributed by atoms with E-state index in [1.165, 1.54) is 0 Å². The van der Waals surface area contributed by atoms with Crippen molar-refractivity contribution in [2.45, 2.75) is 45.2 Å². The second-order valence-electron chi connectivity index (χ2n) is 5.79. The molecule has 4 nitrogen and oxygen atoms in total. The fourth-order valence-electron chi connectivity index (χ4n) is 2.92. The summed E-state index contributed by atoms with van der Waals surface area (Å²) >= 11 is 0. The average Bonchev–Trinajstić information content (AvgIpc) is 2.53. The molecule has 1 amide bonds. The average molecular weight is 290 g/mol. The van der Waals surface area contributed by atoms with E-state index in [0.717, 1.165) is 37.1 Å². The highest BCUT2D eigenvalue weighted by Gasteiger charge is 2.28. The molecule has 1 aromatic rings. The molecular weight excluding hydrogens is 264 g/mol. The smallest absolute Gasteiger partial charge is 0.237 e. The van der Waals surface area contributed by atoms with Crippen LogP contribution in [0.2, 0.25) is 0 Å². The van der Waals surface area contributed by atoms with Crippen LogP contribution in [0.15, 0.2) is 24.3 Å². The normalized spacial score (nSPS) is 23.4. The summed E-state index contributed by atoms with van der Waals surface area (Å²) < 4.78 is 5.18. The summed E-state index contributed by atoms with van der Waals surface area (Å²) in [6, 6.07) is 7.90. The number of methoxy groups -OCH3 is 1. The van der Waals surface area contributed by atoms with Crippen molar-refractivity contribution in [1.82, 2.24) is 10.6 Å². The quantitative estimate of drug-likeness (QED) is 0.876. The van der Waals surface area contributed by atoms with Crippen LogP contribution < -0.4 is 15.4 Å². The summed E-state index contributed by atoms with van der Waals surface area (Å²) in [5.74, 6) is 1.35. The van der Waals surface area contributed by atoms with Crippen molar-refractivity contribution >= 4 is 5.91 Å². The molecule has 0 saturated carbocycles. The molecule has 0 aromatic heterocycles. The van der Waals surface area contributed by atoms with Crippen LogP contribution in [0, 0.1) is 5.92 Å². The molecule has 0 aliphatic carbocycles. The fraction of sp³-hybridized carbons (Fsp3) is 0.588. The molecule has 0 radical (unpaired) electrons. The number of ether oxygens (including phenoxy) is 1. The Kier molecular flexibility index (Phi) is 5.62. The van der Waals surface area contributed by atoms with E-state index in [1.807, 2.05) is 24.3 Å². The Balaban J connectivity index is 2.01. The van der Waals surface area contributed by atoms with Gasteiger partial charge in [-0.05, 0) is 49.4 Å². The Morgan fingerprint density at radius 2 is 2.14 bits per heavy atom. The van der Waals surface area contributed by atoms with Crippen LogP contribution in [0.4, 0.5) is 0 Å². The summed E-state index contributed by atoms with van der Waals surface area (Å²) in [7, 11) is 1.66. The third kappa shape index (κ3) is 3.97. The number of carbonyl (C=O) groups is 1. The Hall–Kier alpha value is -1.55. The first-order valence-corrected chi connectivity index (χ1v) is 7.83. The van der Waals surface area contributed by atoms with E-state index in [2.05, 4.69) is 24.5 Å². The highest BCUT2D eigenvalue weighted by molar-refractivity contribution is 5.82. The summed E-state index contributed by atoms with van der Waals surface area (Å²) in [6.07, 6.45) is 3.14. The van der Waals surface area contributed by atoms with Gasteiger partial charge >= 0.3 is 0 Å². The molecule has 4 heteroatoms. The summed E-state index contributed by atoms with van der Waals surface area (Å²) in [4.78, 5) is 12.5. The third-order valence-electron chi connectivity index (χ3n) is 4.29. The van der Waals surface area contributed by atoms with E-state index in [-0.39, 0.29) is 18.0 Å². The van der Waals surface area contributed by atoms with Gasteiger partial charge in [0.15, 0.2) is 0 Å². The van der Waals surface area contributed by atoms with Crippen LogP contribution in [-0.2, 0) is 4.79 Å². The number of rotatable bonds is 5. The van der Waals surface area contributed by atoms with Crippen LogP contribution in [0.1, 0.15) is 44.7 Å². The van der Waals surface area contributed by atoms with Crippen LogP contribution in [-0.4, -0.2) is 25.6 Å². The van der Waals surface area contributed by atoms with E-state index in [1.54, 1.807) is 7.11 Å². The molecule has 21 heavy (non-hydrogen) atoms. The van der Waals surface area contributed by atoms with Crippen molar-refractivity contribution in [3.63, 3.8) is 0 Å². The molecule has 0 bridgehead atoms. The van der Waals surface area contributed by atoms with Crippen molar-refractivity contribution in [2.75, 3.05) is 13.7 Å². The highest BCUT2D eigenvalue weighted by atomic mass is 16.5. The zero-order chi connectivity index (χ0) is 15.2. The second-order valence-corrected chi connectivity index (χ2v) is 5.79. The number of benzene rings is 1. The minimum absolute atomic E-state index is 0.0549. The Morgan fingerprint density at radius 1 is 1.43 bits per heavy atom. The van der Waals surface area contributed by atoms with Gasteiger partial charge in [-0.3, -0.25) is 4.79 Å². The number of piperidine rings is 1. The monoisotopic (exact) mass is 290 g/mol. The van der Waals surface area contributed by atoms with Crippen molar-refractivity contribution < 1.29 is 9.53 Å². The van der Waals surface area contributed by atoms with Crippen molar-refractivity contribution in [2.24, 2.45) is 5.92 Å².